The molecule has 1 amide bonds. The van der Waals surface area contributed by atoms with Crippen LogP contribution in [-0.2, 0) is 15.7 Å². The Bertz CT molecular complexity index is 572. The highest BCUT2D eigenvalue weighted by Gasteiger charge is 2.49. The molecule has 1 fully saturated rings. The molecule has 1 unspecified atom stereocenters. The SMILES string of the molecule is CC1(C(=O)O)CN(c2ccccc2C(F)(F)F)C(=O)O1. The Morgan fingerprint density at radius 1 is 1.40 bits per heavy atom. The monoisotopic (exact) mass is 289 g/mol. The molecule has 108 valence electrons. The summed E-state index contributed by atoms with van der Waals surface area (Å²) in [5.41, 5.74) is -3.31. The predicted octanol–water partition coefficient (Wildman–Crippen LogP) is 2.51. The molecule has 0 radical (unpaired) electrons. The van der Waals surface area contributed by atoms with Gasteiger partial charge in [-0.05, 0) is 19.1 Å². The van der Waals surface area contributed by atoms with Crippen molar-refractivity contribution < 1.29 is 32.6 Å². The van der Waals surface area contributed by atoms with Gasteiger partial charge in [0.25, 0.3) is 0 Å². The molecule has 8 heteroatoms. The molecule has 1 saturated heterocycles. The number of alkyl halides is 3. The van der Waals surface area contributed by atoms with Crippen LogP contribution in [0.25, 0.3) is 0 Å². The van der Waals surface area contributed by atoms with E-state index in [0.717, 1.165) is 19.1 Å². The summed E-state index contributed by atoms with van der Waals surface area (Å²) in [5.74, 6) is -1.42. The summed E-state index contributed by atoms with van der Waals surface area (Å²) in [6.07, 6.45) is -5.77. The fraction of sp³-hybridized carbons (Fsp3) is 0.333. The number of nitrogens with zero attached hydrogens (tertiary/aromatic N) is 1. The van der Waals surface area contributed by atoms with Gasteiger partial charge in [-0.15, -0.1) is 0 Å². The van der Waals surface area contributed by atoms with Crippen molar-refractivity contribution in [2.75, 3.05) is 11.4 Å². The Kier molecular flexibility index (Phi) is 3.11. The first-order chi connectivity index (χ1) is 9.15. The molecular weight excluding hydrogens is 279 g/mol. The number of para-hydroxylation sites is 1. The standard InChI is InChI=1S/C12H10F3NO4/c1-11(9(17)18)6-16(10(19)20-11)8-5-3-2-4-7(8)12(13,14)15/h2-5H,6H2,1H3,(H,17,18). The van der Waals surface area contributed by atoms with Gasteiger partial charge in [-0.1, -0.05) is 12.1 Å². The first-order valence-corrected chi connectivity index (χ1v) is 5.55. The number of benzene rings is 1. The third-order valence-electron chi connectivity index (χ3n) is 2.95. The Morgan fingerprint density at radius 3 is 2.50 bits per heavy atom. The van der Waals surface area contributed by atoms with Gasteiger partial charge in [-0.25, -0.2) is 9.59 Å². The highest BCUT2D eigenvalue weighted by atomic mass is 19.4. The van der Waals surface area contributed by atoms with E-state index >= 15 is 0 Å². The molecule has 1 aromatic rings. The van der Waals surface area contributed by atoms with Crippen LogP contribution in [0.4, 0.5) is 23.7 Å². The van der Waals surface area contributed by atoms with Crippen molar-refractivity contribution in [3.63, 3.8) is 0 Å². The van der Waals surface area contributed by atoms with Gasteiger partial charge in [0.05, 0.1) is 17.8 Å². The zero-order valence-corrected chi connectivity index (χ0v) is 10.3. The quantitative estimate of drug-likeness (QED) is 0.908. The number of aliphatic carboxylic acids is 1. The van der Waals surface area contributed by atoms with Gasteiger partial charge in [-0.2, -0.15) is 13.2 Å². The Labute approximate surface area is 111 Å². The van der Waals surface area contributed by atoms with E-state index in [2.05, 4.69) is 4.74 Å². The smallest absolute Gasteiger partial charge is 0.418 e. The molecule has 20 heavy (non-hydrogen) atoms. The average Bonchev–Trinajstić information content (AvgIpc) is 2.65. The van der Waals surface area contributed by atoms with Crippen LogP contribution in [0.1, 0.15) is 12.5 Å². The number of carboxylic acids is 1. The fourth-order valence-electron chi connectivity index (χ4n) is 1.89. The van der Waals surface area contributed by atoms with Crippen LogP contribution in [0.5, 0.6) is 0 Å². The molecule has 0 aromatic heterocycles. The van der Waals surface area contributed by atoms with Crippen LogP contribution in [0, 0.1) is 0 Å². The molecule has 1 heterocycles. The van der Waals surface area contributed by atoms with Crippen molar-refractivity contribution >= 4 is 17.7 Å². The number of rotatable bonds is 2. The van der Waals surface area contributed by atoms with Crippen LogP contribution in [-0.4, -0.2) is 29.3 Å². The van der Waals surface area contributed by atoms with E-state index in [1.54, 1.807) is 0 Å². The van der Waals surface area contributed by atoms with Crippen LogP contribution < -0.4 is 4.90 Å². The summed E-state index contributed by atoms with van der Waals surface area (Å²) in [6.45, 7) is 0.637. The number of cyclic esters (lactones) is 1. The molecule has 0 bridgehead atoms. The van der Waals surface area contributed by atoms with Crippen molar-refractivity contribution in [3.8, 4) is 0 Å². The van der Waals surface area contributed by atoms with Crippen LogP contribution in [0.15, 0.2) is 24.3 Å². The summed E-state index contributed by atoms with van der Waals surface area (Å²) in [6, 6.07) is 4.43. The van der Waals surface area contributed by atoms with E-state index in [9.17, 15) is 22.8 Å². The van der Waals surface area contributed by atoms with Crippen LogP contribution in [0.3, 0.4) is 0 Å². The zero-order chi connectivity index (χ0) is 15.1. The second kappa shape index (κ2) is 4.39. The first kappa shape index (κ1) is 14.2. The van der Waals surface area contributed by atoms with Crippen molar-refractivity contribution in [1.82, 2.24) is 0 Å². The molecular formula is C12H10F3NO4. The third-order valence-corrected chi connectivity index (χ3v) is 2.95. The van der Waals surface area contributed by atoms with E-state index in [0.29, 0.717) is 4.90 Å². The van der Waals surface area contributed by atoms with Gasteiger partial charge in [0, 0.05) is 0 Å². The molecule has 0 spiro atoms. The number of halogens is 3. The summed E-state index contributed by atoms with van der Waals surface area (Å²) in [7, 11) is 0. The molecule has 1 atom stereocenters. The number of anilines is 1. The number of carbonyl (C=O) groups is 2. The molecule has 1 aliphatic rings. The number of hydrogen-bond donors (Lipinski definition) is 1. The van der Waals surface area contributed by atoms with Crippen molar-refractivity contribution in [2.24, 2.45) is 0 Å². The number of ether oxygens (including phenoxy) is 1. The maximum atomic E-state index is 12.9. The number of carbonyl (C=O) groups excluding carboxylic acids is 1. The van der Waals surface area contributed by atoms with E-state index < -0.39 is 41.6 Å². The van der Waals surface area contributed by atoms with Gasteiger partial charge < -0.3 is 9.84 Å². The maximum absolute atomic E-state index is 12.9. The molecule has 2 rings (SSSR count). The summed E-state index contributed by atoms with van der Waals surface area (Å²) in [5, 5.41) is 8.96. The lowest BCUT2D eigenvalue weighted by molar-refractivity contribution is -0.153. The lowest BCUT2D eigenvalue weighted by Crippen LogP contribution is -2.39. The van der Waals surface area contributed by atoms with Gasteiger partial charge in [0.1, 0.15) is 0 Å². The van der Waals surface area contributed by atoms with Crippen molar-refractivity contribution in [1.29, 1.82) is 0 Å². The van der Waals surface area contributed by atoms with Gasteiger partial charge >= 0.3 is 18.2 Å². The maximum Gasteiger partial charge on any atom is 0.418 e. The van der Waals surface area contributed by atoms with Gasteiger partial charge in [0.2, 0.25) is 5.60 Å². The zero-order valence-electron chi connectivity index (χ0n) is 10.3. The van der Waals surface area contributed by atoms with Crippen molar-refractivity contribution in [2.45, 2.75) is 18.7 Å². The number of amides is 1. The Hall–Kier alpha value is -2.25. The second-order valence-corrected chi connectivity index (χ2v) is 4.51. The predicted molar refractivity (Wildman–Crippen MR) is 61.3 cm³/mol. The van der Waals surface area contributed by atoms with E-state index in [4.69, 9.17) is 5.11 Å². The topological polar surface area (TPSA) is 66.8 Å². The molecule has 1 aromatic carbocycles. The second-order valence-electron chi connectivity index (χ2n) is 4.51. The summed E-state index contributed by atoms with van der Waals surface area (Å²) in [4.78, 5) is 23.3. The normalized spacial score (nSPS) is 22.8. The van der Waals surface area contributed by atoms with E-state index in [1.165, 1.54) is 12.1 Å². The minimum absolute atomic E-state index is 0.421. The molecule has 5 nitrogen and oxygen atoms in total. The third kappa shape index (κ3) is 2.28. The van der Waals surface area contributed by atoms with E-state index in [-0.39, 0.29) is 0 Å². The van der Waals surface area contributed by atoms with Crippen molar-refractivity contribution in [3.05, 3.63) is 29.8 Å². The minimum Gasteiger partial charge on any atom is -0.478 e. The highest BCUT2D eigenvalue weighted by Crippen LogP contribution is 2.39. The number of carboxylic acid groups (broad SMARTS) is 1. The van der Waals surface area contributed by atoms with Gasteiger partial charge in [-0.3, -0.25) is 4.90 Å². The molecule has 1 aliphatic heterocycles. The Morgan fingerprint density at radius 2 is 2.00 bits per heavy atom. The number of hydrogen-bond acceptors (Lipinski definition) is 3. The largest absolute Gasteiger partial charge is 0.478 e. The molecule has 0 aliphatic carbocycles. The first-order valence-electron chi connectivity index (χ1n) is 5.55. The van der Waals surface area contributed by atoms with Crippen LogP contribution in [0.2, 0.25) is 0 Å². The van der Waals surface area contributed by atoms with E-state index in [1.807, 2.05) is 0 Å². The minimum atomic E-state index is -4.65. The highest BCUT2D eigenvalue weighted by molar-refractivity contribution is 5.96. The Balaban J connectivity index is 2.44. The average molecular weight is 289 g/mol. The molecule has 1 N–H and O–H groups in total. The lowest BCUT2D eigenvalue weighted by Gasteiger charge is -2.19. The lowest BCUT2D eigenvalue weighted by atomic mass is 10.1. The summed E-state index contributed by atoms with van der Waals surface area (Å²) >= 11 is 0. The van der Waals surface area contributed by atoms with Gasteiger partial charge in [0.15, 0.2) is 0 Å². The summed E-state index contributed by atoms with van der Waals surface area (Å²) < 4.78 is 43.3. The van der Waals surface area contributed by atoms with Crippen LogP contribution >= 0.6 is 0 Å². The fourth-order valence-corrected chi connectivity index (χ4v) is 1.89. The molecule has 0 saturated carbocycles.